The fourth-order valence-corrected chi connectivity index (χ4v) is 3.24. The lowest BCUT2D eigenvalue weighted by atomic mass is 9.85. The van der Waals surface area contributed by atoms with E-state index in [2.05, 4.69) is 5.32 Å². The highest BCUT2D eigenvalue weighted by Gasteiger charge is 2.61. The molecule has 0 aliphatic carbocycles. The van der Waals surface area contributed by atoms with Gasteiger partial charge in [-0.1, -0.05) is 24.3 Å². The number of hydrogen-bond acceptors (Lipinski definition) is 7. The number of aromatic hydroxyl groups is 1. The Bertz CT molecular complexity index is 876. The molecule has 28 heavy (non-hydrogen) atoms. The second-order valence-corrected chi connectivity index (χ2v) is 6.41. The molecule has 0 saturated heterocycles. The van der Waals surface area contributed by atoms with E-state index in [1.54, 1.807) is 38.1 Å². The Morgan fingerprint density at radius 2 is 1.75 bits per heavy atom. The predicted octanol–water partition coefficient (Wildman–Crippen LogP) is 3.11. The number of phenolic OH excluding ortho intramolecular Hbond substituents is 1. The zero-order valence-corrected chi connectivity index (χ0v) is 16.0. The van der Waals surface area contributed by atoms with Crippen LogP contribution < -0.4 is 10.1 Å². The molecular formula is C21H23NO6. The maximum Gasteiger partial charge on any atom is 0.365 e. The second kappa shape index (κ2) is 7.80. The lowest BCUT2D eigenvalue weighted by Crippen LogP contribution is -2.61. The maximum atomic E-state index is 13.0. The number of nitrogens with one attached hydrogen (secondary N) is 1. The first kappa shape index (κ1) is 19.5. The van der Waals surface area contributed by atoms with Crippen LogP contribution in [0.5, 0.6) is 11.5 Å². The van der Waals surface area contributed by atoms with E-state index in [1.165, 1.54) is 6.07 Å². The molecule has 2 aromatic carbocycles. The molecule has 0 radical (unpaired) electrons. The molecule has 0 saturated carbocycles. The van der Waals surface area contributed by atoms with Crippen LogP contribution in [0.4, 0.5) is 5.69 Å². The van der Waals surface area contributed by atoms with E-state index in [4.69, 9.17) is 14.2 Å². The Labute approximate surface area is 163 Å². The van der Waals surface area contributed by atoms with Crippen LogP contribution >= 0.6 is 0 Å². The number of ether oxygens (including phenoxy) is 3. The minimum Gasteiger partial charge on any atom is -0.508 e. The van der Waals surface area contributed by atoms with Crippen LogP contribution in [0, 0.1) is 6.92 Å². The number of rotatable bonds is 5. The summed E-state index contributed by atoms with van der Waals surface area (Å²) < 4.78 is 16.4. The molecule has 0 bridgehead atoms. The second-order valence-electron chi connectivity index (χ2n) is 6.41. The van der Waals surface area contributed by atoms with Crippen molar-refractivity contribution >= 4 is 17.6 Å². The third-order valence-electron chi connectivity index (χ3n) is 4.52. The van der Waals surface area contributed by atoms with Gasteiger partial charge in [0.25, 0.3) is 0 Å². The first-order valence-electron chi connectivity index (χ1n) is 9.12. The standard InChI is InChI=1S/C21H23NO6/c1-4-26-19(24)21(20(25)27-5-2)18(14-8-6-7-9-16(14)23)22-15-12-13(3)10-11-17(15)28-21/h6-12,18,22-23H,4-5H2,1-3H3. The van der Waals surface area contributed by atoms with Gasteiger partial charge in [-0.2, -0.15) is 0 Å². The van der Waals surface area contributed by atoms with E-state index in [0.29, 0.717) is 17.0 Å². The first-order valence-corrected chi connectivity index (χ1v) is 9.12. The van der Waals surface area contributed by atoms with Gasteiger partial charge in [-0.05, 0) is 44.5 Å². The number of phenols is 1. The van der Waals surface area contributed by atoms with Gasteiger partial charge in [0.1, 0.15) is 17.5 Å². The molecule has 1 aliphatic heterocycles. The summed E-state index contributed by atoms with van der Waals surface area (Å²) in [7, 11) is 0. The molecule has 1 atom stereocenters. The highest BCUT2D eigenvalue weighted by molar-refractivity contribution is 6.06. The zero-order valence-electron chi connectivity index (χ0n) is 16.0. The summed E-state index contributed by atoms with van der Waals surface area (Å²) in [5, 5.41) is 13.6. The largest absolute Gasteiger partial charge is 0.508 e. The van der Waals surface area contributed by atoms with Crippen LogP contribution in [-0.2, 0) is 19.1 Å². The van der Waals surface area contributed by atoms with Crippen LogP contribution in [0.25, 0.3) is 0 Å². The molecule has 2 aromatic rings. The summed E-state index contributed by atoms with van der Waals surface area (Å²) in [6.45, 7) is 5.29. The van der Waals surface area contributed by atoms with Crippen LogP contribution in [0.2, 0.25) is 0 Å². The van der Waals surface area contributed by atoms with Gasteiger partial charge >= 0.3 is 17.5 Å². The van der Waals surface area contributed by atoms with Gasteiger partial charge in [-0.3, -0.25) is 0 Å². The summed E-state index contributed by atoms with van der Waals surface area (Å²) >= 11 is 0. The SMILES string of the molecule is CCOC(=O)C1(C(=O)OCC)Oc2ccc(C)cc2NC1c1ccccc1O. The molecular weight excluding hydrogens is 362 g/mol. The highest BCUT2D eigenvalue weighted by Crippen LogP contribution is 2.46. The number of carbonyl (C=O) groups excluding carboxylic acids is 2. The van der Waals surface area contributed by atoms with Crippen molar-refractivity contribution in [1.29, 1.82) is 0 Å². The number of anilines is 1. The number of benzene rings is 2. The van der Waals surface area contributed by atoms with Crippen LogP contribution in [0.3, 0.4) is 0 Å². The Balaban J connectivity index is 2.24. The van der Waals surface area contributed by atoms with Crippen molar-refractivity contribution in [2.45, 2.75) is 32.4 Å². The molecule has 1 aliphatic rings. The minimum atomic E-state index is -2.15. The molecule has 7 nitrogen and oxygen atoms in total. The van der Waals surface area contributed by atoms with Gasteiger partial charge in [0, 0.05) is 5.56 Å². The fourth-order valence-electron chi connectivity index (χ4n) is 3.24. The van der Waals surface area contributed by atoms with E-state index in [-0.39, 0.29) is 19.0 Å². The number of fused-ring (bicyclic) bond motifs is 1. The number of esters is 2. The lowest BCUT2D eigenvalue weighted by Gasteiger charge is -2.41. The van der Waals surface area contributed by atoms with Crippen molar-refractivity contribution in [3.8, 4) is 11.5 Å². The monoisotopic (exact) mass is 385 g/mol. The third-order valence-corrected chi connectivity index (χ3v) is 4.52. The molecule has 7 heteroatoms. The molecule has 0 aromatic heterocycles. The number of para-hydroxylation sites is 1. The number of aryl methyl sites for hydroxylation is 1. The van der Waals surface area contributed by atoms with E-state index >= 15 is 0 Å². The minimum absolute atomic E-state index is 0.0532. The normalized spacial score (nSPS) is 16.9. The zero-order chi connectivity index (χ0) is 20.3. The van der Waals surface area contributed by atoms with E-state index < -0.39 is 23.6 Å². The molecule has 3 rings (SSSR count). The van der Waals surface area contributed by atoms with Crippen molar-refractivity contribution in [3.63, 3.8) is 0 Å². The van der Waals surface area contributed by atoms with Crippen LogP contribution in [0.1, 0.15) is 31.0 Å². The van der Waals surface area contributed by atoms with E-state index in [1.807, 2.05) is 19.1 Å². The molecule has 148 valence electrons. The highest BCUT2D eigenvalue weighted by atomic mass is 16.6. The van der Waals surface area contributed by atoms with Gasteiger partial charge in [0.2, 0.25) is 0 Å². The molecule has 1 unspecified atom stereocenters. The fraction of sp³-hybridized carbons (Fsp3) is 0.333. The van der Waals surface area contributed by atoms with Crippen molar-refractivity contribution in [1.82, 2.24) is 0 Å². The average Bonchev–Trinajstić information content (AvgIpc) is 2.67. The topological polar surface area (TPSA) is 94.1 Å². The molecule has 0 amide bonds. The van der Waals surface area contributed by atoms with Crippen LogP contribution in [-0.4, -0.2) is 35.9 Å². The molecule has 2 N–H and O–H groups in total. The quantitative estimate of drug-likeness (QED) is 0.603. The predicted molar refractivity (Wildman–Crippen MR) is 102 cm³/mol. The van der Waals surface area contributed by atoms with Gasteiger partial charge in [0.15, 0.2) is 0 Å². The van der Waals surface area contributed by atoms with Gasteiger partial charge in [-0.25, -0.2) is 9.59 Å². The van der Waals surface area contributed by atoms with Crippen molar-refractivity contribution in [3.05, 3.63) is 53.6 Å². The number of carbonyl (C=O) groups is 2. The Hall–Kier alpha value is -3.22. The Morgan fingerprint density at radius 1 is 1.11 bits per heavy atom. The smallest absolute Gasteiger partial charge is 0.365 e. The first-order chi connectivity index (χ1) is 13.4. The van der Waals surface area contributed by atoms with Crippen LogP contribution in [0.15, 0.2) is 42.5 Å². The maximum absolute atomic E-state index is 13.0. The Kier molecular flexibility index (Phi) is 5.44. The molecule has 0 fully saturated rings. The molecule has 1 heterocycles. The van der Waals surface area contributed by atoms with Crippen molar-refractivity contribution in [2.75, 3.05) is 18.5 Å². The Morgan fingerprint density at radius 3 is 2.36 bits per heavy atom. The average molecular weight is 385 g/mol. The summed E-state index contributed by atoms with van der Waals surface area (Å²) in [5.74, 6) is -1.54. The van der Waals surface area contributed by atoms with Crippen molar-refractivity contribution < 1.29 is 28.9 Å². The summed E-state index contributed by atoms with van der Waals surface area (Å²) in [6.07, 6.45) is 0. The summed E-state index contributed by atoms with van der Waals surface area (Å²) in [4.78, 5) is 26.1. The number of hydrogen-bond donors (Lipinski definition) is 2. The van der Waals surface area contributed by atoms with Gasteiger partial charge in [-0.15, -0.1) is 0 Å². The summed E-state index contributed by atoms with van der Waals surface area (Å²) in [5.41, 5.74) is -0.272. The van der Waals surface area contributed by atoms with E-state index in [0.717, 1.165) is 5.56 Å². The summed E-state index contributed by atoms with van der Waals surface area (Å²) in [6, 6.07) is 10.7. The van der Waals surface area contributed by atoms with Gasteiger partial charge in [0.05, 0.1) is 18.9 Å². The lowest BCUT2D eigenvalue weighted by molar-refractivity contribution is -0.182. The van der Waals surface area contributed by atoms with Gasteiger partial charge < -0.3 is 24.6 Å². The third kappa shape index (κ3) is 3.24. The van der Waals surface area contributed by atoms with E-state index in [9.17, 15) is 14.7 Å². The molecule has 0 spiro atoms. The van der Waals surface area contributed by atoms with Crippen molar-refractivity contribution in [2.24, 2.45) is 0 Å².